The zero-order chi connectivity index (χ0) is 14.2. The Kier molecular flexibility index (Phi) is 6.19. The van der Waals surface area contributed by atoms with Crippen LogP contribution in [0.4, 0.5) is 0 Å². The summed E-state index contributed by atoms with van der Waals surface area (Å²) in [6, 6.07) is 6.13. The lowest BCUT2D eigenvalue weighted by Gasteiger charge is -2.15. The maximum atomic E-state index is 5.34. The molecule has 0 aromatic heterocycles. The van der Waals surface area contributed by atoms with E-state index in [1.54, 1.807) is 14.2 Å². The van der Waals surface area contributed by atoms with E-state index in [1.165, 1.54) is 44.1 Å². The number of rotatable bonds is 6. The molecule has 1 fully saturated rings. The van der Waals surface area contributed by atoms with E-state index in [0.29, 0.717) is 0 Å². The van der Waals surface area contributed by atoms with Crippen LogP contribution in [0, 0.1) is 5.92 Å². The standard InChI is InChI=1S/C17H27NO2/c1-19-16-10-9-15(11-17(16)20-2)13-18-12-14-7-5-3-4-6-8-14/h9-11,14,18H,3-8,12-13H2,1-2H3. The molecule has 1 aliphatic rings. The van der Waals surface area contributed by atoms with Crippen molar-refractivity contribution < 1.29 is 9.47 Å². The SMILES string of the molecule is COc1ccc(CNCC2CCCCCC2)cc1OC. The van der Waals surface area contributed by atoms with Gasteiger partial charge in [0.25, 0.3) is 0 Å². The molecule has 1 N–H and O–H groups in total. The predicted molar refractivity (Wildman–Crippen MR) is 82.4 cm³/mol. The highest BCUT2D eigenvalue weighted by atomic mass is 16.5. The zero-order valence-electron chi connectivity index (χ0n) is 12.8. The minimum atomic E-state index is 0.792. The van der Waals surface area contributed by atoms with E-state index in [0.717, 1.165) is 30.5 Å². The predicted octanol–water partition coefficient (Wildman–Crippen LogP) is 3.76. The van der Waals surface area contributed by atoms with Gasteiger partial charge in [-0.1, -0.05) is 31.7 Å². The van der Waals surface area contributed by atoms with Crippen LogP contribution < -0.4 is 14.8 Å². The van der Waals surface area contributed by atoms with Gasteiger partial charge in [0.15, 0.2) is 11.5 Å². The molecule has 1 aromatic rings. The Labute approximate surface area is 122 Å². The van der Waals surface area contributed by atoms with Crippen LogP contribution in [0.5, 0.6) is 11.5 Å². The third kappa shape index (κ3) is 4.41. The first-order chi connectivity index (χ1) is 9.83. The van der Waals surface area contributed by atoms with Crippen molar-refractivity contribution in [3.63, 3.8) is 0 Å². The minimum absolute atomic E-state index is 0.792. The summed E-state index contributed by atoms with van der Waals surface area (Å²) in [7, 11) is 3.35. The summed E-state index contributed by atoms with van der Waals surface area (Å²) in [5, 5.41) is 3.59. The molecule has 0 atom stereocenters. The Morgan fingerprint density at radius 2 is 1.70 bits per heavy atom. The van der Waals surface area contributed by atoms with E-state index in [4.69, 9.17) is 9.47 Å². The molecule has 20 heavy (non-hydrogen) atoms. The fourth-order valence-corrected chi connectivity index (χ4v) is 2.98. The molecule has 0 saturated heterocycles. The van der Waals surface area contributed by atoms with E-state index in [9.17, 15) is 0 Å². The van der Waals surface area contributed by atoms with Gasteiger partial charge in [-0.05, 0) is 43.0 Å². The number of methoxy groups -OCH3 is 2. The molecule has 1 saturated carbocycles. The molecule has 0 radical (unpaired) electrons. The molecular weight excluding hydrogens is 250 g/mol. The highest BCUT2D eigenvalue weighted by molar-refractivity contribution is 5.42. The lowest BCUT2D eigenvalue weighted by Crippen LogP contribution is -2.22. The number of ether oxygens (including phenoxy) is 2. The van der Waals surface area contributed by atoms with Crippen LogP contribution in [0.2, 0.25) is 0 Å². The highest BCUT2D eigenvalue weighted by Crippen LogP contribution is 2.27. The van der Waals surface area contributed by atoms with E-state index in [1.807, 2.05) is 6.07 Å². The molecule has 0 amide bonds. The van der Waals surface area contributed by atoms with Gasteiger partial charge in [-0.15, -0.1) is 0 Å². The van der Waals surface area contributed by atoms with Crippen molar-refractivity contribution in [2.75, 3.05) is 20.8 Å². The molecule has 0 spiro atoms. The summed E-state index contributed by atoms with van der Waals surface area (Å²) in [5.74, 6) is 2.46. The van der Waals surface area contributed by atoms with Crippen LogP contribution in [0.1, 0.15) is 44.1 Å². The van der Waals surface area contributed by atoms with Crippen LogP contribution >= 0.6 is 0 Å². The van der Waals surface area contributed by atoms with Crippen molar-refractivity contribution in [2.24, 2.45) is 5.92 Å². The fourth-order valence-electron chi connectivity index (χ4n) is 2.98. The van der Waals surface area contributed by atoms with Crippen molar-refractivity contribution in [1.29, 1.82) is 0 Å². The third-order valence-corrected chi connectivity index (χ3v) is 4.18. The maximum absolute atomic E-state index is 5.34. The smallest absolute Gasteiger partial charge is 0.161 e. The van der Waals surface area contributed by atoms with Gasteiger partial charge in [0.1, 0.15) is 0 Å². The quantitative estimate of drug-likeness (QED) is 0.803. The average Bonchev–Trinajstić information content (AvgIpc) is 2.76. The molecule has 2 rings (SSSR count). The van der Waals surface area contributed by atoms with Crippen molar-refractivity contribution in [2.45, 2.75) is 45.1 Å². The van der Waals surface area contributed by atoms with Crippen LogP contribution in [-0.4, -0.2) is 20.8 Å². The van der Waals surface area contributed by atoms with Gasteiger partial charge in [-0.2, -0.15) is 0 Å². The fraction of sp³-hybridized carbons (Fsp3) is 0.647. The summed E-state index contributed by atoms with van der Waals surface area (Å²) < 4.78 is 10.6. The molecule has 1 aliphatic carbocycles. The first-order valence-electron chi connectivity index (χ1n) is 7.75. The van der Waals surface area contributed by atoms with Crippen molar-refractivity contribution in [3.8, 4) is 11.5 Å². The summed E-state index contributed by atoms with van der Waals surface area (Å²) in [6.07, 6.45) is 8.43. The van der Waals surface area contributed by atoms with E-state index >= 15 is 0 Å². The minimum Gasteiger partial charge on any atom is -0.493 e. The second kappa shape index (κ2) is 8.15. The summed E-state index contributed by atoms with van der Waals surface area (Å²) >= 11 is 0. The maximum Gasteiger partial charge on any atom is 0.161 e. The van der Waals surface area contributed by atoms with Crippen molar-refractivity contribution >= 4 is 0 Å². The Morgan fingerprint density at radius 3 is 2.35 bits per heavy atom. The second-order valence-electron chi connectivity index (χ2n) is 5.68. The molecule has 0 heterocycles. The number of hydrogen-bond acceptors (Lipinski definition) is 3. The van der Waals surface area contributed by atoms with Gasteiger partial charge >= 0.3 is 0 Å². The highest BCUT2D eigenvalue weighted by Gasteiger charge is 2.11. The number of benzene rings is 1. The Morgan fingerprint density at radius 1 is 1.00 bits per heavy atom. The van der Waals surface area contributed by atoms with Crippen LogP contribution in [0.15, 0.2) is 18.2 Å². The summed E-state index contributed by atoms with van der Waals surface area (Å²) in [4.78, 5) is 0. The average molecular weight is 277 g/mol. The van der Waals surface area contributed by atoms with E-state index in [2.05, 4.69) is 17.4 Å². The topological polar surface area (TPSA) is 30.5 Å². The number of nitrogens with one attached hydrogen (secondary N) is 1. The van der Waals surface area contributed by atoms with Gasteiger partial charge in [-0.25, -0.2) is 0 Å². The van der Waals surface area contributed by atoms with Gasteiger partial charge < -0.3 is 14.8 Å². The monoisotopic (exact) mass is 277 g/mol. The zero-order valence-corrected chi connectivity index (χ0v) is 12.8. The molecule has 0 unspecified atom stereocenters. The van der Waals surface area contributed by atoms with Crippen molar-refractivity contribution in [1.82, 2.24) is 5.32 Å². The molecule has 0 bridgehead atoms. The van der Waals surface area contributed by atoms with Crippen molar-refractivity contribution in [3.05, 3.63) is 23.8 Å². The molecule has 3 heteroatoms. The molecule has 1 aromatic carbocycles. The van der Waals surface area contributed by atoms with Gasteiger partial charge in [0, 0.05) is 6.54 Å². The van der Waals surface area contributed by atoms with Gasteiger partial charge in [0.05, 0.1) is 14.2 Å². The van der Waals surface area contributed by atoms with E-state index < -0.39 is 0 Å². The van der Waals surface area contributed by atoms with Gasteiger partial charge in [0.2, 0.25) is 0 Å². The van der Waals surface area contributed by atoms with E-state index in [-0.39, 0.29) is 0 Å². The molecule has 0 aliphatic heterocycles. The third-order valence-electron chi connectivity index (χ3n) is 4.18. The Balaban J connectivity index is 1.81. The second-order valence-corrected chi connectivity index (χ2v) is 5.68. The molecule has 112 valence electrons. The van der Waals surface area contributed by atoms with Gasteiger partial charge in [-0.3, -0.25) is 0 Å². The Hall–Kier alpha value is -1.22. The summed E-state index contributed by atoms with van der Waals surface area (Å²) in [5.41, 5.74) is 1.25. The first kappa shape index (κ1) is 15.2. The lowest BCUT2D eigenvalue weighted by molar-refractivity contribution is 0.354. The molecular formula is C17H27NO2. The van der Waals surface area contributed by atoms with Crippen LogP contribution in [0.3, 0.4) is 0 Å². The molecule has 3 nitrogen and oxygen atoms in total. The first-order valence-corrected chi connectivity index (χ1v) is 7.75. The normalized spacial score (nSPS) is 16.7. The Bertz CT molecular complexity index is 398. The van der Waals surface area contributed by atoms with Crippen LogP contribution in [0.25, 0.3) is 0 Å². The lowest BCUT2D eigenvalue weighted by atomic mass is 10.0. The largest absolute Gasteiger partial charge is 0.493 e. The summed E-state index contributed by atoms with van der Waals surface area (Å²) in [6.45, 7) is 2.03. The van der Waals surface area contributed by atoms with Crippen LogP contribution in [-0.2, 0) is 6.54 Å². The number of hydrogen-bond donors (Lipinski definition) is 1.